The lowest BCUT2D eigenvalue weighted by molar-refractivity contribution is 0.0990. The van der Waals surface area contributed by atoms with Gasteiger partial charge in [-0.2, -0.15) is 0 Å². The summed E-state index contributed by atoms with van der Waals surface area (Å²) in [5.74, 6) is 0.0998. The number of anilines is 1. The Kier molecular flexibility index (Phi) is 5.38. The van der Waals surface area contributed by atoms with E-state index in [9.17, 15) is 13.2 Å². The second kappa shape index (κ2) is 7.01. The molecule has 0 saturated carbocycles. The van der Waals surface area contributed by atoms with Gasteiger partial charge in [-0.15, -0.1) is 0 Å². The number of carbonyl (C=O) groups is 1. The van der Waals surface area contributed by atoms with Gasteiger partial charge in [0.1, 0.15) is 0 Å². The van der Waals surface area contributed by atoms with Crippen LogP contribution >= 0.6 is 0 Å². The normalized spacial score (nSPS) is 12.6. The SMILES string of the molecule is CC(C)Cn1ccnc1NC(=O)c1ccc(S(=O)(=O)NC(C)(C)C)o1. The average molecular weight is 368 g/mol. The smallest absolute Gasteiger partial charge is 0.293 e. The molecule has 2 rings (SSSR count). The summed E-state index contributed by atoms with van der Waals surface area (Å²) in [7, 11) is -3.83. The maximum Gasteiger partial charge on any atom is 0.293 e. The first-order valence-electron chi connectivity index (χ1n) is 7.94. The van der Waals surface area contributed by atoms with Crippen molar-refractivity contribution in [3.8, 4) is 0 Å². The monoisotopic (exact) mass is 368 g/mol. The molecule has 8 nitrogen and oxygen atoms in total. The van der Waals surface area contributed by atoms with Crippen LogP contribution in [0.3, 0.4) is 0 Å². The quantitative estimate of drug-likeness (QED) is 0.814. The summed E-state index contributed by atoms with van der Waals surface area (Å²) in [4.78, 5) is 16.4. The van der Waals surface area contributed by atoms with Crippen LogP contribution in [0.5, 0.6) is 0 Å². The van der Waals surface area contributed by atoms with E-state index in [2.05, 4.69) is 28.9 Å². The highest BCUT2D eigenvalue weighted by molar-refractivity contribution is 7.89. The van der Waals surface area contributed by atoms with Gasteiger partial charge in [-0.25, -0.2) is 18.1 Å². The summed E-state index contributed by atoms with van der Waals surface area (Å²) >= 11 is 0. The highest BCUT2D eigenvalue weighted by Gasteiger charge is 2.26. The Hall–Kier alpha value is -2.13. The van der Waals surface area contributed by atoms with Crippen molar-refractivity contribution in [3.63, 3.8) is 0 Å². The first kappa shape index (κ1) is 19.2. The molecule has 0 saturated heterocycles. The molecule has 2 aromatic heterocycles. The van der Waals surface area contributed by atoms with Crippen LogP contribution in [0.4, 0.5) is 5.95 Å². The molecule has 9 heteroatoms. The van der Waals surface area contributed by atoms with Gasteiger partial charge >= 0.3 is 0 Å². The van der Waals surface area contributed by atoms with E-state index in [-0.39, 0.29) is 10.9 Å². The summed E-state index contributed by atoms with van der Waals surface area (Å²) in [6.45, 7) is 9.96. The number of hydrogen-bond donors (Lipinski definition) is 2. The molecule has 25 heavy (non-hydrogen) atoms. The Bertz CT molecular complexity index is 844. The van der Waals surface area contributed by atoms with Crippen molar-refractivity contribution in [2.45, 2.75) is 51.8 Å². The van der Waals surface area contributed by atoms with Gasteiger partial charge < -0.3 is 8.98 Å². The Morgan fingerprint density at radius 2 is 2.00 bits per heavy atom. The molecule has 0 bridgehead atoms. The summed E-state index contributed by atoms with van der Waals surface area (Å²) in [6.07, 6.45) is 3.35. The second-order valence-corrected chi connectivity index (χ2v) is 8.84. The molecule has 0 aliphatic carbocycles. The number of rotatable bonds is 6. The summed E-state index contributed by atoms with van der Waals surface area (Å²) < 4.78 is 34.0. The molecule has 0 spiro atoms. The first-order chi connectivity index (χ1) is 11.5. The molecule has 1 amide bonds. The second-order valence-electron chi connectivity index (χ2n) is 7.23. The molecule has 0 radical (unpaired) electrons. The number of imidazole rings is 1. The fourth-order valence-electron chi connectivity index (χ4n) is 2.18. The molecule has 0 aliphatic heterocycles. The Balaban J connectivity index is 2.15. The van der Waals surface area contributed by atoms with Crippen LogP contribution in [0.25, 0.3) is 0 Å². The van der Waals surface area contributed by atoms with E-state index in [4.69, 9.17) is 4.42 Å². The van der Waals surface area contributed by atoms with Gasteiger partial charge in [0.25, 0.3) is 15.9 Å². The molecule has 2 N–H and O–H groups in total. The maximum atomic E-state index is 12.3. The van der Waals surface area contributed by atoms with E-state index in [0.29, 0.717) is 18.4 Å². The lowest BCUT2D eigenvalue weighted by Gasteiger charge is -2.18. The van der Waals surface area contributed by atoms with Crippen molar-refractivity contribution in [3.05, 3.63) is 30.3 Å². The van der Waals surface area contributed by atoms with Crippen molar-refractivity contribution in [2.24, 2.45) is 5.92 Å². The van der Waals surface area contributed by atoms with Gasteiger partial charge in [-0.3, -0.25) is 10.1 Å². The topological polar surface area (TPSA) is 106 Å². The van der Waals surface area contributed by atoms with E-state index in [1.165, 1.54) is 12.1 Å². The lowest BCUT2D eigenvalue weighted by Crippen LogP contribution is -2.40. The molecular weight excluding hydrogens is 344 g/mol. The zero-order valence-corrected chi connectivity index (χ0v) is 15.8. The minimum absolute atomic E-state index is 0.103. The minimum Gasteiger partial charge on any atom is -0.438 e. The number of aromatic nitrogens is 2. The molecule has 0 unspecified atom stereocenters. The summed E-state index contributed by atoms with van der Waals surface area (Å²) in [6, 6.07) is 2.58. The molecule has 138 valence electrons. The summed E-state index contributed by atoms with van der Waals surface area (Å²) in [5, 5.41) is 2.32. The third-order valence-corrected chi connectivity index (χ3v) is 4.64. The number of nitrogens with zero attached hydrogens (tertiary/aromatic N) is 2. The molecule has 0 aliphatic rings. The fraction of sp³-hybridized carbons (Fsp3) is 0.500. The van der Waals surface area contributed by atoms with E-state index in [1.807, 2.05) is 4.57 Å². The highest BCUT2D eigenvalue weighted by Crippen LogP contribution is 2.18. The number of nitrogens with one attached hydrogen (secondary N) is 2. The van der Waals surface area contributed by atoms with Crippen molar-refractivity contribution in [1.29, 1.82) is 0 Å². The Morgan fingerprint density at radius 3 is 2.60 bits per heavy atom. The van der Waals surface area contributed by atoms with Crippen LogP contribution in [-0.2, 0) is 16.6 Å². The average Bonchev–Trinajstić information content (AvgIpc) is 3.05. The van der Waals surface area contributed by atoms with Gasteiger partial charge in [0.2, 0.25) is 11.0 Å². The number of hydrogen-bond acceptors (Lipinski definition) is 5. The molecule has 0 fully saturated rings. The zero-order valence-electron chi connectivity index (χ0n) is 15.0. The van der Waals surface area contributed by atoms with Crippen molar-refractivity contribution in [1.82, 2.24) is 14.3 Å². The van der Waals surface area contributed by atoms with Crippen LogP contribution in [0, 0.1) is 5.92 Å². The minimum atomic E-state index is -3.83. The van der Waals surface area contributed by atoms with Crippen molar-refractivity contribution < 1.29 is 17.6 Å². The fourth-order valence-corrected chi connectivity index (χ4v) is 3.53. The third-order valence-electron chi connectivity index (χ3n) is 3.01. The molecule has 0 aromatic carbocycles. The van der Waals surface area contributed by atoms with E-state index in [1.54, 1.807) is 33.2 Å². The largest absolute Gasteiger partial charge is 0.438 e. The van der Waals surface area contributed by atoms with Gasteiger partial charge in [-0.05, 0) is 38.8 Å². The third kappa shape index (κ3) is 5.17. The Morgan fingerprint density at radius 1 is 1.32 bits per heavy atom. The van der Waals surface area contributed by atoms with Gasteiger partial charge in [0.05, 0.1) is 0 Å². The van der Waals surface area contributed by atoms with E-state index >= 15 is 0 Å². The van der Waals surface area contributed by atoms with Crippen LogP contribution in [0.2, 0.25) is 0 Å². The van der Waals surface area contributed by atoms with Crippen molar-refractivity contribution >= 4 is 21.9 Å². The van der Waals surface area contributed by atoms with Gasteiger partial charge in [0, 0.05) is 24.5 Å². The van der Waals surface area contributed by atoms with E-state index < -0.39 is 21.5 Å². The van der Waals surface area contributed by atoms with Crippen LogP contribution in [0.15, 0.2) is 34.0 Å². The van der Waals surface area contributed by atoms with Crippen LogP contribution < -0.4 is 10.0 Å². The molecular formula is C16H24N4O4S. The number of sulfonamides is 1. The first-order valence-corrected chi connectivity index (χ1v) is 9.42. The Labute approximate surface area is 147 Å². The molecule has 0 atom stereocenters. The number of furan rings is 1. The predicted molar refractivity (Wildman–Crippen MR) is 93.8 cm³/mol. The molecule has 2 heterocycles. The highest BCUT2D eigenvalue weighted by atomic mass is 32.2. The van der Waals surface area contributed by atoms with E-state index in [0.717, 1.165) is 0 Å². The number of carbonyl (C=O) groups excluding carboxylic acids is 1. The van der Waals surface area contributed by atoms with Crippen LogP contribution in [0.1, 0.15) is 45.2 Å². The zero-order chi connectivity index (χ0) is 18.8. The van der Waals surface area contributed by atoms with Crippen LogP contribution in [-0.4, -0.2) is 29.4 Å². The lowest BCUT2D eigenvalue weighted by atomic mass is 10.1. The summed E-state index contributed by atoms with van der Waals surface area (Å²) in [5.41, 5.74) is -0.657. The standard InChI is InChI=1S/C16H24N4O4S/c1-11(2)10-20-9-8-17-15(20)18-14(21)12-6-7-13(24-12)25(22,23)19-16(3,4)5/h6-9,11,19H,10H2,1-5H3,(H,17,18,21). The number of amides is 1. The maximum absolute atomic E-state index is 12.3. The molecule has 2 aromatic rings. The predicted octanol–water partition coefficient (Wildman–Crippen LogP) is 2.46. The van der Waals surface area contributed by atoms with Crippen molar-refractivity contribution in [2.75, 3.05) is 5.32 Å². The van der Waals surface area contributed by atoms with Gasteiger partial charge in [-0.1, -0.05) is 13.8 Å². The van der Waals surface area contributed by atoms with Gasteiger partial charge in [0.15, 0.2) is 5.76 Å².